The van der Waals surface area contributed by atoms with Crippen molar-refractivity contribution in [2.24, 2.45) is 5.73 Å². The van der Waals surface area contributed by atoms with Gasteiger partial charge in [0.25, 0.3) is 5.69 Å². The van der Waals surface area contributed by atoms with Crippen molar-refractivity contribution >= 4 is 33.8 Å². The Morgan fingerprint density at radius 1 is 1.24 bits per heavy atom. The first-order chi connectivity index (χ1) is 18.4. The summed E-state index contributed by atoms with van der Waals surface area (Å²) in [6, 6.07) is 8.20. The topological polar surface area (TPSA) is 140 Å². The summed E-state index contributed by atoms with van der Waals surface area (Å²) in [6.07, 6.45) is 6.10. The average Bonchev–Trinajstić information content (AvgIpc) is 3.09. The largest absolute Gasteiger partial charge is 0.462 e. The molecule has 9 nitrogen and oxygen atoms in total. The van der Waals surface area contributed by atoms with Gasteiger partial charge in [-0.25, -0.2) is 4.79 Å². The third kappa shape index (κ3) is 4.27. The second-order valence-electron chi connectivity index (χ2n) is 9.63. The van der Waals surface area contributed by atoms with Crippen LogP contribution in [0.25, 0.3) is 0 Å². The number of ketones is 1. The molecule has 0 amide bonds. The lowest BCUT2D eigenvalue weighted by atomic mass is 9.75. The number of carbonyl (C=O) groups is 2. The Morgan fingerprint density at radius 2 is 2.03 bits per heavy atom. The summed E-state index contributed by atoms with van der Waals surface area (Å²) < 4.78 is 5.47. The maximum Gasteiger partial charge on any atom is 0.341 e. The predicted octanol–water partition coefficient (Wildman–Crippen LogP) is 5.41. The lowest BCUT2D eigenvalue weighted by Gasteiger charge is -2.39. The molecule has 0 fully saturated rings. The van der Waals surface area contributed by atoms with Crippen molar-refractivity contribution in [2.45, 2.75) is 64.2 Å². The van der Waals surface area contributed by atoms with E-state index in [4.69, 9.17) is 10.5 Å². The monoisotopic (exact) mass is 532 g/mol. The summed E-state index contributed by atoms with van der Waals surface area (Å²) >= 11 is 1.48. The fraction of sp³-hybridized carbons (Fsp3) is 0.393. The molecule has 1 aromatic carbocycles. The van der Waals surface area contributed by atoms with Gasteiger partial charge in [0, 0.05) is 34.7 Å². The molecule has 1 aromatic heterocycles. The van der Waals surface area contributed by atoms with Crippen molar-refractivity contribution in [3.63, 3.8) is 0 Å². The van der Waals surface area contributed by atoms with Gasteiger partial charge in [0.2, 0.25) is 0 Å². The molecule has 5 rings (SSSR count). The maximum absolute atomic E-state index is 13.5. The van der Waals surface area contributed by atoms with Crippen LogP contribution in [0.3, 0.4) is 0 Å². The van der Waals surface area contributed by atoms with Gasteiger partial charge in [-0.05, 0) is 56.6 Å². The quantitative estimate of drug-likeness (QED) is 0.233. The molecular weight excluding hydrogens is 504 g/mol. The number of esters is 1. The summed E-state index contributed by atoms with van der Waals surface area (Å²) in [5.41, 5.74) is 9.71. The van der Waals surface area contributed by atoms with Gasteiger partial charge in [-0.2, -0.15) is 5.26 Å². The third-order valence-electron chi connectivity index (χ3n) is 7.41. The van der Waals surface area contributed by atoms with E-state index in [0.717, 1.165) is 42.5 Å². The molecule has 2 heterocycles. The van der Waals surface area contributed by atoms with Crippen molar-refractivity contribution in [1.82, 2.24) is 0 Å². The maximum atomic E-state index is 13.5. The summed E-state index contributed by atoms with van der Waals surface area (Å²) in [4.78, 5) is 40.6. The Bertz CT molecular complexity index is 1450. The number of hydrogen-bond acceptors (Lipinski definition) is 9. The van der Waals surface area contributed by atoms with Crippen LogP contribution in [0.2, 0.25) is 0 Å². The van der Waals surface area contributed by atoms with Crippen molar-refractivity contribution in [1.29, 1.82) is 5.26 Å². The number of Topliss-reactive ketones (excluding diaryl/α,β-unsaturated/α-hetero) is 1. The predicted molar refractivity (Wildman–Crippen MR) is 143 cm³/mol. The molecule has 10 heteroatoms. The number of non-ortho nitro benzene ring substituents is 1. The number of benzene rings is 1. The van der Waals surface area contributed by atoms with Crippen molar-refractivity contribution in [2.75, 3.05) is 11.5 Å². The normalized spacial score (nSPS) is 19.4. The zero-order chi connectivity index (χ0) is 27.0. The molecule has 2 N–H and O–H groups in total. The number of nitrogens with zero attached hydrogens (tertiary/aromatic N) is 3. The van der Waals surface area contributed by atoms with Crippen LogP contribution >= 0.6 is 11.3 Å². The molecule has 0 radical (unpaired) electrons. The van der Waals surface area contributed by atoms with Gasteiger partial charge < -0.3 is 10.5 Å². The van der Waals surface area contributed by atoms with E-state index in [0.29, 0.717) is 46.7 Å². The van der Waals surface area contributed by atoms with Crippen molar-refractivity contribution in [3.8, 4) is 6.07 Å². The first-order valence-electron chi connectivity index (χ1n) is 12.9. The van der Waals surface area contributed by atoms with E-state index in [2.05, 4.69) is 6.07 Å². The van der Waals surface area contributed by atoms with E-state index in [1.165, 1.54) is 23.5 Å². The van der Waals surface area contributed by atoms with Crippen LogP contribution in [0.15, 0.2) is 46.9 Å². The van der Waals surface area contributed by atoms with E-state index >= 15 is 0 Å². The highest BCUT2D eigenvalue weighted by atomic mass is 32.1. The van der Waals surface area contributed by atoms with E-state index in [1.807, 2.05) is 0 Å². The number of anilines is 1. The highest BCUT2D eigenvalue weighted by Gasteiger charge is 2.43. The van der Waals surface area contributed by atoms with Crippen LogP contribution < -0.4 is 10.6 Å². The molecular formula is C28H28N4O5S. The van der Waals surface area contributed by atoms with Gasteiger partial charge in [0.05, 0.1) is 34.7 Å². The Morgan fingerprint density at radius 3 is 2.76 bits per heavy atom. The van der Waals surface area contributed by atoms with E-state index < -0.39 is 16.8 Å². The van der Waals surface area contributed by atoms with Gasteiger partial charge in [-0.15, -0.1) is 11.3 Å². The Hall–Kier alpha value is -3.97. The number of aryl methyl sites for hydroxylation is 1. The number of ether oxygens (including phenoxy) is 1. The van der Waals surface area contributed by atoms with Crippen LogP contribution in [-0.4, -0.2) is 23.3 Å². The molecule has 0 saturated heterocycles. The van der Waals surface area contributed by atoms with Gasteiger partial charge in [-0.3, -0.25) is 19.8 Å². The number of carbonyl (C=O) groups excluding carboxylic acids is 2. The smallest absolute Gasteiger partial charge is 0.341 e. The number of rotatable bonds is 5. The molecule has 38 heavy (non-hydrogen) atoms. The Balaban J connectivity index is 1.76. The minimum Gasteiger partial charge on any atom is -0.462 e. The molecule has 0 saturated carbocycles. The van der Waals surface area contributed by atoms with Gasteiger partial charge >= 0.3 is 5.97 Å². The van der Waals surface area contributed by atoms with Gasteiger partial charge in [0.15, 0.2) is 5.78 Å². The molecule has 2 aromatic rings. The average molecular weight is 533 g/mol. The summed E-state index contributed by atoms with van der Waals surface area (Å²) in [6.45, 7) is 1.98. The summed E-state index contributed by atoms with van der Waals surface area (Å²) in [5, 5.41) is 22.4. The van der Waals surface area contributed by atoms with Crippen LogP contribution in [0, 0.1) is 21.4 Å². The number of nitriles is 1. The van der Waals surface area contributed by atoms with Gasteiger partial charge in [-0.1, -0.05) is 18.6 Å². The molecule has 196 valence electrons. The second kappa shape index (κ2) is 10.4. The molecule has 3 aliphatic rings. The molecule has 0 unspecified atom stereocenters. The molecule has 2 aliphatic carbocycles. The molecule has 0 spiro atoms. The zero-order valence-electron chi connectivity index (χ0n) is 21.1. The highest BCUT2D eigenvalue weighted by molar-refractivity contribution is 7.16. The van der Waals surface area contributed by atoms with E-state index in [1.54, 1.807) is 24.0 Å². The second-order valence-corrected chi connectivity index (χ2v) is 10.7. The molecule has 1 atom stereocenters. The minimum atomic E-state index is -0.817. The SMILES string of the molecule is CCOC(=O)c1c(N2C(N)=C(C#N)[C@@H](c3cccc([N+](=O)[O-])c3)C3=C2CCCC3=O)sc2c1CCCCC2. The standard InChI is InChI=1S/C28H28N4O5S/c1-2-37-28(34)24-18-10-4-3-5-13-22(18)38-27(24)31-20-11-7-12-21(33)25(20)23(19(15-29)26(31)30)16-8-6-9-17(14-16)32(35)36/h6,8-9,14,23H,2-5,7,10-13,30H2,1H3/t23-/m1/s1. The number of nitrogens with two attached hydrogens (primary N) is 1. The first kappa shape index (κ1) is 25.7. The molecule has 1 aliphatic heterocycles. The number of nitro groups is 1. The van der Waals surface area contributed by atoms with Crippen molar-refractivity contribution < 1.29 is 19.2 Å². The lowest BCUT2D eigenvalue weighted by molar-refractivity contribution is -0.384. The third-order valence-corrected chi connectivity index (χ3v) is 8.69. The van der Waals surface area contributed by atoms with E-state index in [9.17, 15) is 25.0 Å². The van der Waals surface area contributed by atoms with Crippen LogP contribution in [0.1, 0.15) is 77.7 Å². The van der Waals surface area contributed by atoms with Crippen molar-refractivity contribution in [3.05, 3.63) is 78.6 Å². The highest BCUT2D eigenvalue weighted by Crippen LogP contribution is 2.50. The van der Waals surface area contributed by atoms with Gasteiger partial charge in [0.1, 0.15) is 10.8 Å². The van der Waals surface area contributed by atoms with E-state index in [-0.39, 0.29) is 29.5 Å². The number of nitro benzene ring substituents is 1. The van der Waals surface area contributed by atoms with Crippen LogP contribution in [0.5, 0.6) is 0 Å². The fourth-order valence-electron chi connectivity index (χ4n) is 5.77. The number of allylic oxidation sites excluding steroid dienone is 3. The lowest BCUT2D eigenvalue weighted by Crippen LogP contribution is -2.39. The van der Waals surface area contributed by atoms with Crippen LogP contribution in [-0.2, 0) is 22.4 Å². The minimum absolute atomic E-state index is 0.121. The number of fused-ring (bicyclic) bond motifs is 1. The summed E-state index contributed by atoms with van der Waals surface area (Å²) in [5.74, 6) is -1.23. The number of thiophene rings is 1. The van der Waals surface area contributed by atoms with Crippen LogP contribution in [0.4, 0.5) is 10.7 Å². The zero-order valence-corrected chi connectivity index (χ0v) is 21.9. The summed E-state index contributed by atoms with van der Waals surface area (Å²) in [7, 11) is 0. The Labute approximate surface area is 224 Å². The fourth-order valence-corrected chi connectivity index (χ4v) is 7.18. The number of hydrogen-bond donors (Lipinski definition) is 1. The molecule has 0 bridgehead atoms. The first-order valence-corrected chi connectivity index (χ1v) is 13.7. The Kier molecular flexibility index (Phi) is 7.04.